The molecule has 1 aromatic carbocycles. The Balaban J connectivity index is 2.53. The van der Waals surface area contributed by atoms with Gasteiger partial charge in [0.25, 0.3) is 0 Å². The van der Waals surface area contributed by atoms with Gasteiger partial charge in [0, 0.05) is 34.7 Å². The van der Waals surface area contributed by atoms with Gasteiger partial charge in [-0.1, -0.05) is 12.1 Å². The quantitative estimate of drug-likeness (QED) is 0.336. The maximum Gasteiger partial charge on any atom is 0.211 e. The molecule has 0 saturated heterocycles. The van der Waals surface area contributed by atoms with Crippen LogP contribution in [0.15, 0.2) is 54.4 Å². The highest BCUT2D eigenvalue weighted by molar-refractivity contribution is 5.83. The summed E-state index contributed by atoms with van der Waals surface area (Å²) >= 11 is 0. The molecule has 0 fully saturated rings. The van der Waals surface area contributed by atoms with Crippen molar-refractivity contribution >= 4 is 23.5 Å². The molecule has 2 rings (SSSR count). The Morgan fingerprint density at radius 2 is 1.85 bits per heavy atom. The molecule has 2 aromatic rings. The number of allylic oxidation sites excluding steroid dienone is 2. The second kappa shape index (κ2) is 8.43. The number of anilines is 2. The van der Waals surface area contributed by atoms with Gasteiger partial charge in [-0.2, -0.15) is 0 Å². The summed E-state index contributed by atoms with van der Waals surface area (Å²) in [5.41, 5.74) is 21.1. The van der Waals surface area contributed by atoms with E-state index in [4.69, 9.17) is 26.7 Å². The van der Waals surface area contributed by atoms with Crippen molar-refractivity contribution in [3.05, 3.63) is 59.9 Å². The standard InChI is InChI=1S/C18H21N5O3/c1-25-16(19)8-15(18(21)26-2)12-7-14(17(20)22-9-12)11-3-5-13(6-4-11)23-10-24/h3-10H,19,21H2,1-2H3,(H2,20,22)(H,23,24)/b16-8+,18-15-. The average molecular weight is 355 g/mol. The van der Waals surface area contributed by atoms with Crippen LogP contribution in [0.2, 0.25) is 0 Å². The van der Waals surface area contributed by atoms with Crippen LogP contribution in [0.4, 0.5) is 11.5 Å². The van der Waals surface area contributed by atoms with E-state index in [1.165, 1.54) is 14.2 Å². The van der Waals surface area contributed by atoms with E-state index in [1.807, 2.05) is 18.2 Å². The van der Waals surface area contributed by atoms with Crippen LogP contribution in [-0.4, -0.2) is 25.6 Å². The van der Waals surface area contributed by atoms with E-state index >= 15 is 0 Å². The molecule has 1 amide bonds. The Morgan fingerprint density at radius 3 is 2.42 bits per heavy atom. The number of amides is 1. The maximum atomic E-state index is 10.5. The number of hydrogen-bond acceptors (Lipinski definition) is 7. The number of aromatic nitrogens is 1. The number of pyridine rings is 1. The molecule has 8 nitrogen and oxygen atoms in total. The van der Waals surface area contributed by atoms with Gasteiger partial charge in [-0.25, -0.2) is 4.98 Å². The SMILES string of the molecule is CO/C(N)=C(/C=C(\N)OC)c1cnc(N)c(-c2ccc(NC=O)cc2)c1. The molecule has 0 bridgehead atoms. The van der Waals surface area contributed by atoms with Crippen LogP contribution in [0.1, 0.15) is 5.56 Å². The Labute approximate surface area is 151 Å². The van der Waals surface area contributed by atoms with E-state index in [9.17, 15) is 4.79 Å². The summed E-state index contributed by atoms with van der Waals surface area (Å²) < 4.78 is 10.1. The lowest BCUT2D eigenvalue weighted by molar-refractivity contribution is -0.105. The van der Waals surface area contributed by atoms with Gasteiger partial charge in [0.05, 0.1) is 14.2 Å². The fourth-order valence-electron chi connectivity index (χ4n) is 2.28. The summed E-state index contributed by atoms with van der Waals surface area (Å²) in [5.74, 6) is 0.680. The van der Waals surface area contributed by atoms with Crippen LogP contribution >= 0.6 is 0 Å². The number of carbonyl (C=O) groups is 1. The normalized spacial score (nSPS) is 12.2. The molecular formula is C18H21N5O3. The fraction of sp³-hybridized carbons (Fsp3) is 0.111. The molecule has 1 aromatic heterocycles. The molecule has 0 aliphatic heterocycles. The van der Waals surface area contributed by atoms with Gasteiger partial charge >= 0.3 is 0 Å². The van der Waals surface area contributed by atoms with Gasteiger partial charge < -0.3 is 32.0 Å². The first kappa shape index (κ1) is 18.7. The Morgan fingerprint density at radius 1 is 1.15 bits per heavy atom. The van der Waals surface area contributed by atoms with Crippen molar-refractivity contribution in [2.75, 3.05) is 25.3 Å². The highest BCUT2D eigenvalue weighted by Gasteiger charge is 2.12. The van der Waals surface area contributed by atoms with E-state index in [1.54, 1.807) is 24.4 Å². The summed E-state index contributed by atoms with van der Waals surface area (Å²) in [6, 6.07) is 9.00. The highest BCUT2D eigenvalue weighted by Crippen LogP contribution is 2.30. The minimum Gasteiger partial charge on any atom is -0.483 e. The second-order valence-electron chi connectivity index (χ2n) is 5.23. The van der Waals surface area contributed by atoms with Crippen LogP contribution in [-0.2, 0) is 14.3 Å². The monoisotopic (exact) mass is 355 g/mol. The maximum absolute atomic E-state index is 10.5. The lowest BCUT2D eigenvalue weighted by Gasteiger charge is -2.12. The predicted molar refractivity (Wildman–Crippen MR) is 101 cm³/mol. The molecule has 0 saturated carbocycles. The molecule has 26 heavy (non-hydrogen) atoms. The third kappa shape index (κ3) is 4.23. The number of nitrogens with two attached hydrogens (primary N) is 3. The van der Waals surface area contributed by atoms with Crippen molar-refractivity contribution in [2.24, 2.45) is 11.5 Å². The highest BCUT2D eigenvalue weighted by atomic mass is 16.5. The van der Waals surface area contributed by atoms with Crippen molar-refractivity contribution in [3.63, 3.8) is 0 Å². The molecule has 136 valence electrons. The van der Waals surface area contributed by atoms with Crippen molar-refractivity contribution in [2.45, 2.75) is 0 Å². The topological polar surface area (TPSA) is 139 Å². The van der Waals surface area contributed by atoms with Crippen molar-refractivity contribution in [1.29, 1.82) is 0 Å². The zero-order valence-corrected chi connectivity index (χ0v) is 14.5. The van der Waals surface area contributed by atoms with E-state index in [0.29, 0.717) is 34.6 Å². The molecule has 0 spiro atoms. The van der Waals surface area contributed by atoms with Crippen molar-refractivity contribution in [3.8, 4) is 11.1 Å². The van der Waals surface area contributed by atoms with E-state index in [-0.39, 0.29) is 11.8 Å². The number of nitrogen functional groups attached to an aromatic ring is 1. The van der Waals surface area contributed by atoms with E-state index in [0.717, 1.165) is 5.56 Å². The summed E-state index contributed by atoms with van der Waals surface area (Å²) in [4.78, 5) is 14.7. The predicted octanol–water partition coefficient (Wildman–Crippen LogP) is 1.62. The molecule has 8 heteroatoms. The number of ether oxygens (including phenoxy) is 2. The minimum atomic E-state index is 0.160. The summed E-state index contributed by atoms with van der Waals surface area (Å²) in [6.07, 6.45) is 3.73. The molecule has 0 radical (unpaired) electrons. The number of nitrogens with one attached hydrogen (secondary N) is 1. The molecule has 7 N–H and O–H groups in total. The first-order valence-corrected chi connectivity index (χ1v) is 7.61. The first-order chi connectivity index (χ1) is 12.5. The zero-order valence-electron chi connectivity index (χ0n) is 14.5. The van der Waals surface area contributed by atoms with E-state index < -0.39 is 0 Å². The van der Waals surface area contributed by atoms with Crippen LogP contribution in [0.25, 0.3) is 16.7 Å². The fourth-order valence-corrected chi connectivity index (χ4v) is 2.28. The van der Waals surface area contributed by atoms with Crippen LogP contribution in [0.3, 0.4) is 0 Å². The number of carbonyl (C=O) groups excluding carboxylic acids is 1. The molecular weight excluding hydrogens is 334 g/mol. The molecule has 0 atom stereocenters. The van der Waals surface area contributed by atoms with Gasteiger partial charge in [0.15, 0.2) is 11.8 Å². The number of rotatable bonds is 7. The van der Waals surface area contributed by atoms with Crippen LogP contribution in [0.5, 0.6) is 0 Å². The Hall–Kier alpha value is -3.68. The van der Waals surface area contributed by atoms with Gasteiger partial charge in [0.1, 0.15) is 5.82 Å². The second-order valence-corrected chi connectivity index (χ2v) is 5.23. The molecule has 0 aliphatic carbocycles. The third-order valence-corrected chi connectivity index (χ3v) is 3.66. The average Bonchev–Trinajstić information content (AvgIpc) is 2.67. The lowest BCUT2D eigenvalue weighted by Crippen LogP contribution is -2.07. The largest absolute Gasteiger partial charge is 0.483 e. The van der Waals surface area contributed by atoms with Crippen molar-refractivity contribution < 1.29 is 14.3 Å². The number of methoxy groups -OCH3 is 2. The van der Waals surface area contributed by atoms with Crippen LogP contribution in [0, 0.1) is 0 Å². The van der Waals surface area contributed by atoms with E-state index in [2.05, 4.69) is 10.3 Å². The lowest BCUT2D eigenvalue weighted by atomic mass is 10.0. The molecule has 1 heterocycles. The van der Waals surface area contributed by atoms with Crippen LogP contribution < -0.4 is 22.5 Å². The molecule has 0 aliphatic rings. The van der Waals surface area contributed by atoms with Gasteiger partial charge in [-0.15, -0.1) is 0 Å². The zero-order chi connectivity index (χ0) is 19.1. The van der Waals surface area contributed by atoms with Gasteiger partial charge in [0.2, 0.25) is 6.41 Å². The minimum absolute atomic E-state index is 0.160. The van der Waals surface area contributed by atoms with Crippen molar-refractivity contribution in [1.82, 2.24) is 4.98 Å². The molecule has 0 unspecified atom stereocenters. The third-order valence-electron chi connectivity index (χ3n) is 3.66. The smallest absolute Gasteiger partial charge is 0.211 e. The van der Waals surface area contributed by atoms with Gasteiger partial charge in [-0.3, -0.25) is 4.79 Å². The van der Waals surface area contributed by atoms with Gasteiger partial charge in [-0.05, 0) is 23.8 Å². The summed E-state index contributed by atoms with van der Waals surface area (Å²) in [7, 11) is 2.91. The Bertz CT molecular complexity index is 844. The summed E-state index contributed by atoms with van der Waals surface area (Å²) in [5, 5.41) is 2.58. The number of nitrogens with zero attached hydrogens (tertiary/aromatic N) is 1. The first-order valence-electron chi connectivity index (χ1n) is 7.61. The number of benzene rings is 1. The number of hydrogen-bond donors (Lipinski definition) is 4. The Kier molecular flexibility index (Phi) is 6.05. The summed E-state index contributed by atoms with van der Waals surface area (Å²) in [6.45, 7) is 0.